The van der Waals surface area contributed by atoms with E-state index in [1.54, 1.807) is 19.1 Å². The molecule has 1 amide bonds. The van der Waals surface area contributed by atoms with Gasteiger partial charge in [-0.25, -0.2) is 0 Å². The van der Waals surface area contributed by atoms with Gasteiger partial charge in [0, 0.05) is 11.9 Å². The average molecular weight is 238 g/mol. The molecule has 1 aromatic heterocycles. The number of nitrogens with one attached hydrogen (secondary N) is 1. The number of nitrogens with zero attached hydrogens (tertiary/aromatic N) is 1. The van der Waals surface area contributed by atoms with Gasteiger partial charge in [0.2, 0.25) is 0 Å². The Morgan fingerprint density at radius 2 is 2.06 bits per heavy atom. The van der Waals surface area contributed by atoms with Crippen LogP contribution < -0.4 is 5.32 Å². The normalized spacial score (nSPS) is 11.3. The lowest BCUT2D eigenvalue weighted by atomic mass is 9.98. The standard InChI is InChI=1S/C12H18N2O3/c1-3-12(7-15,8-16)14-11(17)10-5-4-9(2)13-6-10/h4-6,15-16H,3,7-8H2,1-2H3,(H,14,17). The van der Waals surface area contributed by atoms with E-state index in [-0.39, 0.29) is 19.1 Å². The Labute approximate surface area is 101 Å². The number of hydrogen-bond donors (Lipinski definition) is 3. The van der Waals surface area contributed by atoms with Gasteiger partial charge in [-0.1, -0.05) is 6.92 Å². The van der Waals surface area contributed by atoms with Crippen LogP contribution in [0.2, 0.25) is 0 Å². The number of carbonyl (C=O) groups is 1. The highest BCUT2D eigenvalue weighted by Gasteiger charge is 2.28. The van der Waals surface area contributed by atoms with Crippen molar-refractivity contribution in [1.82, 2.24) is 10.3 Å². The van der Waals surface area contributed by atoms with Gasteiger partial charge in [-0.2, -0.15) is 0 Å². The van der Waals surface area contributed by atoms with Gasteiger partial charge in [0.05, 0.1) is 24.3 Å². The topological polar surface area (TPSA) is 82.5 Å². The van der Waals surface area contributed by atoms with Crippen LogP contribution in [-0.4, -0.2) is 39.9 Å². The minimum atomic E-state index is -0.970. The largest absolute Gasteiger partial charge is 0.394 e. The quantitative estimate of drug-likeness (QED) is 0.687. The Morgan fingerprint density at radius 3 is 2.47 bits per heavy atom. The third-order valence-electron chi connectivity index (χ3n) is 2.83. The Balaban J connectivity index is 2.81. The van der Waals surface area contributed by atoms with Crippen LogP contribution in [0.5, 0.6) is 0 Å². The number of rotatable bonds is 5. The number of aliphatic hydroxyl groups is 2. The second-order valence-electron chi connectivity index (χ2n) is 4.09. The average Bonchev–Trinajstić information content (AvgIpc) is 2.37. The highest BCUT2D eigenvalue weighted by Crippen LogP contribution is 2.10. The van der Waals surface area contributed by atoms with E-state index >= 15 is 0 Å². The number of amides is 1. The van der Waals surface area contributed by atoms with Crippen LogP contribution in [-0.2, 0) is 0 Å². The summed E-state index contributed by atoms with van der Waals surface area (Å²) >= 11 is 0. The van der Waals surface area contributed by atoms with Crippen molar-refractivity contribution in [3.63, 3.8) is 0 Å². The minimum Gasteiger partial charge on any atom is -0.394 e. The van der Waals surface area contributed by atoms with E-state index in [9.17, 15) is 15.0 Å². The first kappa shape index (κ1) is 13.6. The maximum absolute atomic E-state index is 11.9. The monoisotopic (exact) mass is 238 g/mol. The molecule has 0 radical (unpaired) electrons. The van der Waals surface area contributed by atoms with Gasteiger partial charge in [-0.05, 0) is 25.5 Å². The fourth-order valence-corrected chi connectivity index (χ4v) is 1.36. The highest BCUT2D eigenvalue weighted by molar-refractivity contribution is 5.94. The van der Waals surface area contributed by atoms with E-state index in [2.05, 4.69) is 10.3 Å². The summed E-state index contributed by atoms with van der Waals surface area (Å²) in [5, 5.41) is 21.1. The lowest BCUT2D eigenvalue weighted by molar-refractivity contribution is 0.0652. The number of carbonyl (C=O) groups excluding carboxylic acids is 1. The van der Waals surface area contributed by atoms with E-state index in [1.807, 2.05) is 6.92 Å². The molecule has 5 heteroatoms. The summed E-state index contributed by atoms with van der Waals surface area (Å²) in [5.41, 5.74) is 0.269. The SMILES string of the molecule is CCC(CO)(CO)NC(=O)c1ccc(C)nc1. The van der Waals surface area contributed by atoms with Gasteiger partial charge in [-0.15, -0.1) is 0 Å². The van der Waals surface area contributed by atoms with Gasteiger partial charge >= 0.3 is 0 Å². The van der Waals surface area contributed by atoms with Crippen LogP contribution in [0.15, 0.2) is 18.3 Å². The van der Waals surface area contributed by atoms with Crippen molar-refractivity contribution in [3.8, 4) is 0 Å². The number of pyridine rings is 1. The molecule has 1 heterocycles. The summed E-state index contributed by atoms with van der Waals surface area (Å²) in [4.78, 5) is 15.9. The Hall–Kier alpha value is -1.46. The fraction of sp³-hybridized carbons (Fsp3) is 0.500. The molecule has 1 aromatic rings. The van der Waals surface area contributed by atoms with E-state index in [4.69, 9.17) is 0 Å². The summed E-state index contributed by atoms with van der Waals surface area (Å²) < 4.78 is 0. The number of aromatic nitrogens is 1. The third kappa shape index (κ3) is 3.25. The number of hydrogen-bond acceptors (Lipinski definition) is 4. The van der Waals surface area contributed by atoms with E-state index < -0.39 is 5.54 Å². The zero-order chi connectivity index (χ0) is 12.9. The molecule has 94 valence electrons. The first-order valence-corrected chi connectivity index (χ1v) is 5.54. The van der Waals surface area contributed by atoms with E-state index in [1.165, 1.54) is 6.20 Å². The molecule has 0 fully saturated rings. The molecule has 3 N–H and O–H groups in total. The molecule has 1 rings (SSSR count). The van der Waals surface area contributed by atoms with Crippen molar-refractivity contribution in [3.05, 3.63) is 29.6 Å². The molecular weight excluding hydrogens is 220 g/mol. The van der Waals surface area contributed by atoms with Crippen LogP contribution in [0.4, 0.5) is 0 Å². The van der Waals surface area contributed by atoms with E-state index in [0.717, 1.165) is 5.69 Å². The lowest BCUT2D eigenvalue weighted by Gasteiger charge is -2.29. The third-order valence-corrected chi connectivity index (χ3v) is 2.83. The van der Waals surface area contributed by atoms with Crippen LogP contribution in [0.25, 0.3) is 0 Å². The summed E-state index contributed by atoms with van der Waals surface area (Å²) in [6.45, 7) is 3.02. The molecule has 0 unspecified atom stereocenters. The van der Waals surface area contributed by atoms with Crippen molar-refractivity contribution in [2.45, 2.75) is 25.8 Å². The zero-order valence-electron chi connectivity index (χ0n) is 10.1. The molecule has 0 atom stereocenters. The van der Waals surface area contributed by atoms with Gasteiger partial charge in [-0.3, -0.25) is 9.78 Å². The smallest absolute Gasteiger partial charge is 0.253 e. The molecule has 0 saturated heterocycles. The van der Waals surface area contributed by atoms with Crippen molar-refractivity contribution < 1.29 is 15.0 Å². The molecule has 5 nitrogen and oxygen atoms in total. The molecule has 0 bridgehead atoms. The Morgan fingerprint density at radius 1 is 1.41 bits per heavy atom. The molecule has 0 spiro atoms. The second-order valence-corrected chi connectivity index (χ2v) is 4.09. The summed E-state index contributed by atoms with van der Waals surface area (Å²) in [7, 11) is 0. The van der Waals surface area contributed by atoms with Crippen LogP contribution in [0.1, 0.15) is 29.4 Å². The van der Waals surface area contributed by atoms with Crippen molar-refractivity contribution in [2.24, 2.45) is 0 Å². The molecule has 0 aliphatic carbocycles. The first-order valence-electron chi connectivity index (χ1n) is 5.54. The molecule has 0 aliphatic rings. The van der Waals surface area contributed by atoms with Gasteiger partial charge in [0.25, 0.3) is 5.91 Å². The Kier molecular flexibility index (Phi) is 4.60. The maximum Gasteiger partial charge on any atom is 0.253 e. The number of aryl methyl sites for hydroxylation is 1. The van der Waals surface area contributed by atoms with Gasteiger partial charge < -0.3 is 15.5 Å². The molecular formula is C12H18N2O3. The van der Waals surface area contributed by atoms with E-state index in [0.29, 0.717) is 12.0 Å². The second kappa shape index (κ2) is 5.75. The molecule has 17 heavy (non-hydrogen) atoms. The minimum absolute atomic E-state index is 0.301. The lowest BCUT2D eigenvalue weighted by Crippen LogP contribution is -2.53. The van der Waals surface area contributed by atoms with Gasteiger partial charge in [0.15, 0.2) is 0 Å². The fourth-order valence-electron chi connectivity index (χ4n) is 1.36. The predicted molar refractivity (Wildman–Crippen MR) is 63.6 cm³/mol. The summed E-state index contributed by atoms with van der Waals surface area (Å²) in [6, 6.07) is 3.40. The van der Waals surface area contributed by atoms with Crippen LogP contribution in [0.3, 0.4) is 0 Å². The highest BCUT2D eigenvalue weighted by atomic mass is 16.3. The zero-order valence-corrected chi connectivity index (χ0v) is 10.1. The summed E-state index contributed by atoms with van der Waals surface area (Å²) in [5.74, 6) is -0.345. The number of aliphatic hydroxyl groups excluding tert-OH is 2. The first-order chi connectivity index (χ1) is 8.06. The Bertz CT molecular complexity index is 364. The van der Waals surface area contributed by atoms with Crippen molar-refractivity contribution in [1.29, 1.82) is 0 Å². The predicted octanol–water partition coefficient (Wildman–Crippen LogP) is 0.253. The van der Waals surface area contributed by atoms with Crippen LogP contribution >= 0.6 is 0 Å². The van der Waals surface area contributed by atoms with Crippen molar-refractivity contribution >= 4 is 5.91 Å². The van der Waals surface area contributed by atoms with Crippen LogP contribution in [0, 0.1) is 6.92 Å². The molecule has 0 saturated carbocycles. The summed E-state index contributed by atoms with van der Waals surface area (Å²) in [6.07, 6.45) is 1.92. The molecule has 0 aromatic carbocycles. The van der Waals surface area contributed by atoms with Crippen molar-refractivity contribution in [2.75, 3.05) is 13.2 Å². The molecule has 0 aliphatic heterocycles. The maximum atomic E-state index is 11.9. The van der Waals surface area contributed by atoms with Gasteiger partial charge in [0.1, 0.15) is 0 Å².